The largest absolute Gasteiger partial charge is 0.387 e. The summed E-state index contributed by atoms with van der Waals surface area (Å²) in [5.74, 6) is 0. The molecule has 1 rings (SSSR count). The molecular weight excluding hydrogens is 92.1 g/mol. The average molecular weight is 98.1 g/mol. The number of rotatable bonds is 0. The molecule has 1 N–H and O–H groups in total. The summed E-state index contributed by atoms with van der Waals surface area (Å²) in [6.07, 6.45) is 2.69. The molecule has 0 aliphatic carbocycles. The second-order valence-electron chi connectivity index (χ2n) is 1.35. The number of azo groups is 1. The van der Waals surface area contributed by atoms with Gasteiger partial charge in [-0.15, -0.1) is 0 Å². The van der Waals surface area contributed by atoms with Crippen molar-refractivity contribution in [2.45, 2.75) is 6.10 Å². The predicted molar refractivity (Wildman–Crippen MR) is 24.9 cm³/mol. The molecule has 0 bridgehead atoms. The Morgan fingerprint density at radius 3 is 2.86 bits per heavy atom. The summed E-state index contributed by atoms with van der Waals surface area (Å²) in [7, 11) is 0. The van der Waals surface area contributed by atoms with Crippen molar-refractivity contribution in [3.8, 4) is 0 Å². The minimum absolute atomic E-state index is 0.405. The molecule has 1 aliphatic rings. The van der Waals surface area contributed by atoms with Crippen molar-refractivity contribution in [3.63, 3.8) is 0 Å². The van der Waals surface area contributed by atoms with E-state index in [1.54, 1.807) is 6.08 Å². The van der Waals surface area contributed by atoms with Crippen LogP contribution >= 0.6 is 0 Å². The van der Waals surface area contributed by atoms with Crippen LogP contribution in [-0.4, -0.2) is 17.8 Å². The monoisotopic (exact) mass is 98.0 g/mol. The lowest BCUT2D eigenvalue weighted by molar-refractivity contribution is 0.227. The van der Waals surface area contributed by atoms with Gasteiger partial charge in [0.15, 0.2) is 0 Å². The Hall–Kier alpha value is -0.700. The Morgan fingerprint density at radius 2 is 2.57 bits per heavy atom. The summed E-state index contributed by atoms with van der Waals surface area (Å²) in [6.45, 7) is 0.413. The van der Waals surface area contributed by atoms with Crippen molar-refractivity contribution in [1.82, 2.24) is 0 Å². The Kier molecular flexibility index (Phi) is 1.17. The summed E-state index contributed by atoms with van der Waals surface area (Å²) in [6, 6.07) is 0. The molecule has 0 saturated heterocycles. The molecule has 0 aromatic heterocycles. The first-order chi connectivity index (χ1) is 3.39. The van der Waals surface area contributed by atoms with E-state index >= 15 is 0 Å². The van der Waals surface area contributed by atoms with E-state index in [9.17, 15) is 0 Å². The van der Waals surface area contributed by atoms with Crippen LogP contribution in [0, 0.1) is 0 Å². The first kappa shape index (κ1) is 4.46. The van der Waals surface area contributed by atoms with Gasteiger partial charge in [0.05, 0.1) is 12.6 Å². The fourth-order valence-electron chi connectivity index (χ4n) is 0.377. The Bertz CT molecular complexity index is 108. The van der Waals surface area contributed by atoms with E-state index in [2.05, 4.69) is 10.2 Å². The van der Waals surface area contributed by atoms with Gasteiger partial charge in [0.2, 0.25) is 0 Å². The Morgan fingerprint density at radius 1 is 1.71 bits per heavy atom. The van der Waals surface area contributed by atoms with Crippen molar-refractivity contribution < 1.29 is 5.11 Å². The van der Waals surface area contributed by atoms with Crippen molar-refractivity contribution in [2.24, 2.45) is 10.2 Å². The molecule has 0 radical (unpaired) electrons. The summed E-state index contributed by atoms with van der Waals surface area (Å²) < 4.78 is 0. The number of aliphatic hydroxyl groups is 1. The van der Waals surface area contributed by atoms with Crippen LogP contribution in [0.15, 0.2) is 22.5 Å². The SMILES string of the molecule is OC1C=CN=NC1. The quantitative estimate of drug-likeness (QED) is 0.466. The molecule has 0 spiro atoms. The summed E-state index contributed by atoms with van der Waals surface area (Å²) in [5, 5.41) is 15.7. The van der Waals surface area contributed by atoms with Crippen LogP contribution in [0.25, 0.3) is 0 Å². The van der Waals surface area contributed by atoms with Crippen LogP contribution < -0.4 is 0 Å². The van der Waals surface area contributed by atoms with E-state index in [4.69, 9.17) is 5.11 Å². The van der Waals surface area contributed by atoms with Gasteiger partial charge in [-0.2, -0.15) is 10.2 Å². The Balaban J connectivity index is 2.49. The maximum absolute atomic E-state index is 8.67. The summed E-state index contributed by atoms with van der Waals surface area (Å²) in [4.78, 5) is 0. The van der Waals surface area contributed by atoms with Gasteiger partial charge in [-0.1, -0.05) is 0 Å². The minimum Gasteiger partial charge on any atom is -0.387 e. The lowest BCUT2D eigenvalue weighted by Gasteiger charge is -1.99. The van der Waals surface area contributed by atoms with Crippen molar-refractivity contribution >= 4 is 0 Å². The maximum atomic E-state index is 8.67. The van der Waals surface area contributed by atoms with Gasteiger partial charge >= 0.3 is 0 Å². The lowest BCUT2D eigenvalue weighted by atomic mass is 10.3. The van der Waals surface area contributed by atoms with Gasteiger partial charge in [0, 0.05) is 6.20 Å². The molecule has 1 atom stereocenters. The molecule has 1 aliphatic heterocycles. The summed E-state index contributed by atoms with van der Waals surface area (Å²) >= 11 is 0. The first-order valence-electron chi connectivity index (χ1n) is 2.11. The standard InChI is InChI=1S/C4H6N2O/c7-4-1-2-5-6-3-4/h1-2,4,7H,3H2. The van der Waals surface area contributed by atoms with Gasteiger partial charge in [-0.05, 0) is 6.08 Å². The van der Waals surface area contributed by atoms with Crippen LogP contribution in [0.1, 0.15) is 0 Å². The average Bonchev–Trinajstić information content (AvgIpc) is 1.69. The number of aliphatic hydroxyl groups excluding tert-OH is 1. The van der Waals surface area contributed by atoms with Gasteiger partial charge in [0.25, 0.3) is 0 Å². The van der Waals surface area contributed by atoms with Gasteiger partial charge < -0.3 is 5.11 Å². The molecule has 0 amide bonds. The molecule has 0 saturated carbocycles. The normalized spacial score (nSPS) is 28.4. The second kappa shape index (κ2) is 1.84. The third kappa shape index (κ3) is 1.08. The fraction of sp³-hybridized carbons (Fsp3) is 0.500. The molecule has 3 heteroatoms. The maximum Gasteiger partial charge on any atom is 0.0952 e. The zero-order valence-electron chi connectivity index (χ0n) is 3.78. The lowest BCUT2D eigenvalue weighted by Crippen LogP contribution is -2.07. The molecule has 0 aromatic rings. The van der Waals surface area contributed by atoms with E-state index in [0.29, 0.717) is 6.54 Å². The molecule has 38 valence electrons. The van der Waals surface area contributed by atoms with Crippen LogP contribution in [0.5, 0.6) is 0 Å². The highest BCUT2D eigenvalue weighted by molar-refractivity contribution is 4.90. The zero-order chi connectivity index (χ0) is 5.11. The molecule has 7 heavy (non-hydrogen) atoms. The molecule has 3 nitrogen and oxygen atoms in total. The van der Waals surface area contributed by atoms with Crippen molar-refractivity contribution in [3.05, 3.63) is 12.3 Å². The van der Waals surface area contributed by atoms with Crippen LogP contribution in [0.2, 0.25) is 0 Å². The van der Waals surface area contributed by atoms with E-state index in [1.807, 2.05) is 0 Å². The number of hydrogen-bond acceptors (Lipinski definition) is 3. The molecule has 0 fully saturated rings. The van der Waals surface area contributed by atoms with Gasteiger partial charge in [0.1, 0.15) is 0 Å². The van der Waals surface area contributed by atoms with Gasteiger partial charge in [-0.3, -0.25) is 0 Å². The van der Waals surface area contributed by atoms with E-state index in [1.165, 1.54) is 6.20 Å². The van der Waals surface area contributed by atoms with E-state index in [-0.39, 0.29) is 0 Å². The highest BCUT2D eigenvalue weighted by Crippen LogP contribution is 1.94. The smallest absolute Gasteiger partial charge is 0.0952 e. The molecule has 0 aromatic carbocycles. The minimum atomic E-state index is -0.405. The third-order valence-electron chi connectivity index (χ3n) is 0.725. The van der Waals surface area contributed by atoms with Crippen molar-refractivity contribution in [2.75, 3.05) is 6.54 Å². The van der Waals surface area contributed by atoms with Gasteiger partial charge in [-0.25, -0.2) is 0 Å². The highest BCUT2D eigenvalue weighted by Gasteiger charge is 1.97. The van der Waals surface area contributed by atoms with Crippen LogP contribution in [-0.2, 0) is 0 Å². The fourth-order valence-corrected chi connectivity index (χ4v) is 0.377. The molecule has 1 unspecified atom stereocenters. The molecular formula is C4H6N2O. The topological polar surface area (TPSA) is 45.0 Å². The van der Waals surface area contributed by atoms with E-state index in [0.717, 1.165) is 0 Å². The second-order valence-corrected chi connectivity index (χ2v) is 1.35. The third-order valence-corrected chi connectivity index (χ3v) is 0.725. The summed E-state index contributed by atoms with van der Waals surface area (Å²) in [5.41, 5.74) is 0. The van der Waals surface area contributed by atoms with Crippen molar-refractivity contribution in [1.29, 1.82) is 0 Å². The predicted octanol–water partition coefficient (Wildman–Crippen LogP) is 0.327. The first-order valence-corrected chi connectivity index (χ1v) is 2.11. The van der Waals surface area contributed by atoms with Crippen LogP contribution in [0.4, 0.5) is 0 Å². The number of hydrogen-bond donors (Lipinski definition) is 1. The Labute approximate surface area is 41.4 Å². The number of nitrogens with zero attached hydrogens (tertiary/aromatic N) is 2. The highest BCUT2D eigenvalue weighted by atomic mass is 16.3. The zero-order valence-corrected chi connectivity index (χ0v) is 3.78. The van der Waals surface area contributed by atoms with Crippen LogP contribution in [0.3, 0.4) is 0 Å². The van der Waals surface area contributed by atoms with E-state index < -0.39 is 6.10 Å². The molecule has 1 heterocycles.